The highest BCUT2D eigenvalue weighted by atomic mass is 16.7. The van der Waals surface area contributed by atoms with Crippen LogP contribution in [-0.4, -0.2) is 25.3 Å². The minimum absolute atomic E-state index is 0.463. The first-order valence-corrected chi connectivity index (χ1v) is 2.71. The summed E-state index contributed by atoms with van der Waals surface area (Å²) < 4.78 is 9.86. The van der Waals surface area contributed by atoms with E-state index in [1.54, 1.807) is 0 Å². The lowest BCUT2D eigenvalue weighted by molar-refractivity contribution is -0.149. The maximum Gasteiger partial charge on any atom is 0.246 e. The van der Waals surface area contributed by atoms with Gasteiger partial charge in [0, 0.05) is 0 Å². The van der Waals surface area contributed by atoms with Gasteiger partial charge in [-0.05, 0) is 6.08 Å². The third-order valence-electron chi connectivity index (χ3n) is 1.19. The van der Waals surface area contributed by atoms with Crippen LogP contribution in [0.4, 0.5) is 0 Å². The van der Waals surface area contributed by atoms with Gasteiger partial charge in [-0.25, -0.2) is 0 Å². The topological polar surface area (TPSA) is 35.5 Å². The van der Waals surface area contributed by atoms with E-state index in [0.29, 0.717) is 19.5 Å². The summed E-state index contributed by atoms with van der Waals surface area (Å²) in [4.78, 5) is 10.2. The van der Waals surface area contributed by atoms with Crippen LogP contribution in [0.2, 0.25) is 0 Å². The fourth-order valence-corrected chi connectivity index (χ4v) is 0.678. The van der Waals surface area contributed by atoms with Crippen molar-refractivity contribution >= 4 is 6.29 Å². The Kier molecular flexibility index (Phi) is 1.64. The number of rotatable bonds is 2. The molecule has 0 unspecified atom stereocenters. The molecule has 50 valence electrons. The Morgan fingerprint density at radius 2 is 2.00 bits per heavy atom. The zero-order chi connectivity index (χ0) is 6.74. The maximum atomic E-state index is 10.2. The molecule has 1 heterocycles. The van der Waals surface area contributed by atoms with E-state index in [4.69, 9.17) is 9.47 Å². The number of aldehydes is 1. The summed E-state index contributed by atoms with van der Waals surface area (Å²) in [7, 11) is 0. The maximum absolute atomic E-state index is 10.2. The second-order valence-corrected chi connectivity index (χ2v) is 1.74. The molecule has 0 N–H and O–H groups in total. The van der Waals surface area contributed by atoms with Crippen LogP contribution in [0, 0.1) is 0 Å². The molecule has 0 aromatic heterocycles. The molecular formula is C6H8O3. The standard InChI is InChI=1S/C6H8O3/c1-2-6(5-7)8-3-4-9-6/h2,5H,1,3-4H2. The van der Waals surface area contributed by atoms with Crippen molar-refractivity contribution in [2.45, 2.75) is 5.79 Å². The first-order valence-electron chi connectivity index (χ1n) is 2.71. The van der Waals surface area contributed by atoms with E-state index in [1.165, 1.54) is 6.08 Å². The summed E-state index contributed by atoms with van der Waals surface area (Å²) in [5.74, 6) is -1.14. The highest BCUT2D eigenvalue weighted by Gasteiger charge is 2.32. The molecule has 0 radical (unpaired) electrons. The molecule has 1 fully saturated rings. The van der Waals surface area contributed by atoms with Gasteiger partial charge in [-0.2, -0.15) is 0 Å². The Hall–Kier alpha value is -0.670. The third kappa shape index (κ3) is 1.01. The smallest absolute Gasteiger partial charge is 0.246 e. The molecule has 0 atom stereocenters. The number of ether oxygens (including phenoxy) is 2. The molecule has 0 amide bonds. The van der Waals surface area contributed by atoms with Crippen molar-refractivity contribution in [3.8, 4) is 0 Å². The lowest BCUT2D eigenvalue weighted by Gasteiger charge is -2.13. The van der Waals surface area contributed by atoms with E-state index in [1.807, 2.05) is 0 Å². The number of hydrogen-bond donors (Lipinski definition) is 0. The average molecular weight is 128 g/mol. The molecule has 9 heavy (non-hydrogen) atoms. The molecule has 1 rings (SSSR count). The van der Waals surface area contributed by atoms with E-state index in [2.05, 4.69) is 6.58 Å². The monoisotopic (exact) mass is 128 g/mol. The van der Waals surface area contributed by atoms with E-state index < -0.39 is 5.79 Å². The first-order chi connectivity index (χ1) is 4.33. The van der Waals surface area contributed by atoms with Crippen molar-refractivity contribution in [2.75, 3.05) is 13.2 Å². The molecule has 1 saturated heterocycles. The van der Waals surface area contributed by atoms with Crippen LogP contribution in [0.3, 0.4) is 0 Å². The van der Waals surface area contributed by atoms with Crippen LogP contribution in [0.5, 0.6) is 0 Å². The summed E-state index contributed by atoms with van der Waals surface area (Å²) in [5, 5.41) is 0. The largest absolute Gasteiger partial charge is 0.338 e. The molecule has 0 saturated carbocycles. The van der Waals surface area contributed by atoms with Gasteiger partial charge in [-0.3, -0.25) is 4.79 Å². The molecule has 0 spiro atoms. The number of carbonyl (C=O) groups excluding carboxylic acids is 1. The first kappa shape index (κ1) is 6.45. The van der Waals surface area contributed by atoms with Gasteiger partial charge >= 0.3 is 0 Å². The van der Waals surface area contributed by atoms with Crippen molar-refractivity contribution < 1.29 is 14.3 Å². The molecule has 0 bridgehead atoms. The second kappa shape index (κ2) is 2.29. The summed E-state index contributed by atoms with van der Waals surface area (Å²) in [5.41, 5.74) is 0. The Morgan fingerprint density at radius 3 is 2.22 bits per heavy atom. The molecule has 0 aliphatic carbocycles. The Labute approximate surface area is 53.3 Å². The van der Waals surface area contributed by atoms with Gasteiger partial charge in [0.05, 0.1) is 13.2 Å². The fraction of sp³-hybridized carbons (Fsp3) is 0.500. The predicted octanol–water partition coefficient (Wildman–Crippen LogP) is 0.114. The highest BCUT2D eigenvalue weighted by Crippen LogP contribution is 2.16. The fourth-order valence-electron chi connectivity index (χ4n) is 0.678. The van der Waals surface area contributed by atoms with Gasteiger partial charge in [0.1, 0.15) is 0 Å². The van der Waals surface area contributed by atoms with Gasteiger partial charge < -0.3 is 9.47 Å². The average Bonchev–Trinajstić information content (AvgIpc) is 2.36. The lowest BCUT2D eigenvalue weighted by Crippen LogP contribution is -2.28. The third-order valence-corrected chi connectivity index (χ3v) is 1.19. The molecule has 0 aromatic carbocycles. The van der Waals surface area contributed by atoms with Gasteiger partial charge in [0.2, 0.25) is 5.79 Å². The van der Waals surface area contributed by atoms with Crippen molar-refractivity contribution in [3.05, 3.63) is 12.7 Å². The van der Waals surface area contributed by atoms with Gasteiger partial charge in [0.25, 0.3) is 0 Å². The van der Waals surface area contributed by atoms with E-state index in [0.717, 1.165) is 0 Å². The quantitative estimate of drug-likeness (QED) is 0.391. The van der Waals surface area contributed by atoms with Crippen LogP contribution in [0.15, 0.2) is 12.7 Å². The van der Waals surface area contributed by atoms with Crippen molar-refractivity contribution in [3.63, 3.8) is 0 Å². The predicted molar refractivity (Wildman–Crippen MR) is 30.9 cm³/mol. The molecular weight excluding hydrogens is 120 g/mol. The van der Waals surface area contributed by atoms with Crippen LogP contribution >= 0.6 is 0 Å². The number of carbonyl (C=O) groups is 1. The van der Waals surface area contributed by atoms with E-state index >= 15 is 0 Å². The van der Waals surface area contributed by atoms with Crippen molar-refractivity contribution in [1.82, 2.24) is 0 Å². The van der Waals surface area contributed by atoms with Crippen LogP contribution in [0.1, 0.15) is 0 Å². The second-order valence-electron chi connectivity index (χ2n) is 1.74. The van der Waals surface area contributed by atoms with E-state index in [-0.39, 0.29) is 0 Å². The Balaban J connectivity index is 2.66. The normalized spacial score (nSPS) is 23.6. The summed E-state index contributed by atoms with van der Waals surface area (Å²) in [6.45, 7) is 4.33. The van der Waals surface area contributed by atoms with Gasteiger partial charge in [-0.1, -0.05) is 6.58 Å². The molecule has 0 aromatic rings. The molecule has 1 aliphatic heterocycles. The highest BCUT2D eigenvalue weighted by molar-refractivity contribution is 5.63. The Morgan fingerprint density at radius 1 is 1.44 bits per heavy atom. The molecule has 1 aliphatic rings. The lowest BCUT2D eigenvalue weighted by atomic mass is 10.3. The summed E-state index contributed by atoms with van der Waals surface area (Å²) in [6.07, 6.45) is 1.96. The summed E-state index contributed by atoms with van der Waals surface area (Å²) >= 11 is 0. The van der Waals surface area contributed by atoms with E-state index in [9.17, 15) is 4.79 Å². The molecule has 3 heteroatoms. The molecule has 3 nitrogen and oxygen atoms in total. The van der Waals surface area contributed by atoms with Crippen LogP contribution in [-0.2, 0) is 14.3 Å². The zero-order valence-electron chi connectivity index (χ0n) is 5.00. The van der Waals surface area contributed by atoms with Gasteiger partial charge in [0.15, 0.2) is 6.29 Å². The van der Waals surface area contributed by atoms with Crippen LogP contribution < -0.4 is 0 Å². The van der Waals surface area contributed by atoms with Crippen LogP contribution in [0.25, 0.3) is 0 Å². The zero-order valence-corrected chi connectivity index (χ0v) is 5.00. The SMILES string of the molecule is C=CC1(C=O)OCCO1. The Bertz CT molecular complexity index is 114. The number of hydrogen-bond acceptors (Lipinski definition) is 3. The van der Waals surface area contributed by atoms with Crippen molar-refractivity contribution in [1.29, 1.82) is 0 Å². The van der Waals surface area contributed by atoms with Gasteiger partial charge in [-0.15, -0.1) is 0 Å². The van der Waals surface area contributed by atoms with Crippen molar-refractivity contribution in [2.24, 2.45) is 0 Å². The summed E-state index contributed by atoms with van der Waals surface area (Å²) in [6, 6.07) is 0. The minimum Gasteiger partial charge on any atom is -0.338 e. The minimum atomic E-state index is -1.14.